The van der Waals surface area contributed by atoms with Crippen molar-refractivity contribution in [2.45, 2.75) is 32.4 Å². The molecule has 106 valence electrons. The summed E-state index contributed by atoms with van der Waals surface area (Å²) in [4.78, 5) is 11.4. The predicted molar refractivity (Wildman–Crippen MR) is 73.8 cm³/mol. The van der Waals surface area contributed by atoms with Crippen molar-refractivity contribution >= 4 is 5.91 Å². The highest BCUT2D eigenvalue weighted by molar-refractivity contribution is 5.84. The Morgan fingerprint density at radius 2 is 2.16 bits per heavy atom. The maximum absolute atomic E-state index is 11.4. The molecule has 0 aromatic heterocycles. The predicted octanol–water partition coefficient (Wildman–Crippen LogP) is 0.801. The first-order valence-corrected chi connectivity index (χ1v) is 6.40. The minimum Gasteiger partial charge on any atom is -0.493 e. The number of amides is 1. The van der Waals surface area contributed by atoms with Crippen molar-refractivity contribution in [3.8, 4) is 5.75 Å². The Morgan fingerprint density at radius 1 is 1.47 bits per heavy atom. The molecule has 1 amide bonds. The third-order valence-corrected chi connectivity index (χ3v) is 3.11. The fourth-order valence-electron chi connectivity index (χ4n) is 1.83. The maximum Gasteiger partial charge on any atom is 0.237 e. The van der Waals surface area contributed by atoms with E-state index in [0.29, 0.717) is 25.3 Å². The zero-order chi connectivity index (χ0) is 14.3. The summed E-state index contributed by atoms with van der Waals surface area (Å²) in [6.07, 6.45) is 0.468. The summed E-state index contributed by atoms with van der Waals surface area (Å²) in [5, 5.41) is 12.3. The third kappa shape index (κ3) is 4.22. The normalized spacial score (nSPS) is 13.8. The van der Waals surface area contributed by atoms with Gasteiger partial charge in [0, 0.05) is 12.0 Å². The van der Waals surface area contributed by atoms with Crippen LogP contribution in [0.5, 0.6) is 5.75 Å². The van der Waals surface area contributed by atoms with Gasteiger partial charge in [-0.05, 0) is 19.5 Å². The van der Waals surface area contributed by atoms with Crippen LogP contribution in [-0.4, -0.2) is 29.7 Å². The van der Waals surface area contributed by atoms with Crippen LogP contribution in [0.1, 0.15) is 25.8 Å². The Labute approximate surface area is 113 Å². The molecule has 0 aliphatic rings. The lowest BCUT2D eigenvalue weighted by Crippen LogP contribution is -2.53. The summed E-state index contributed by atoms with van der Waals surface area (Å²) < 4.78 is 5.61. The van der Waals surface area contributed by atoms with Gasteiger partial charge in [0.2, 0.25) is 5.91 Å². The number of nitrogens with one attached hydrogen (secondary N) is 1. The van der Waals surface area contributed by atoms with Crippen LogP contribution >= 0.6 is 0 Å². The molecule has 0 radical (unpaired) electrons. The number of rotatable bonds is 8. The smallest absolute Gasteiger partial charge is 0.237 e. The Kier molecular flexibility index (Phi) is 5.79. The van der Waals surface area contributed by atoms with Crippen LogP contribution in [0.25, 0.3) is 0 Å². The lowest BCUT2D eigenvalue weighted by atomic mass is 9.97. The van der Waals surface area contributed by atoms with Gasteiger partial charge in [0.1, 0.15) is 5.75 Å². The molecule has 1 aromatic rings. The number of likely N-dealkylation sites (N-methyl/N-ethyl adjacent to an activating group) is 1. The van der Waals surface area contributed by atoms with Gasteiger partial charge in [0.15, 0.2) is 0 Å². The van der Waals surface area contributed by atoms with Gasteiger partial charge in [-0.2, -0.15) is 0 Å². The second-order valence-corrected chi connectivity index (χ2v) is 4.59. The molecule has 0 saturated heterocycles. The number of carbonyl (C=O) groups excluding carboxylic acids is 1. The topological polar surface area (TPSA) is 84.6 Å². The Bertz CT molecular complexity index is 423. The van der Waals surface area contributed by atoms with Crippen molar-refractivity contribution in [2.24, 2.45) is 5.73 Å². The Balaban J connectivity index is 2.59. The first kappa shape index (κ1) is 15.5. The molecule has 0 bridgehead atoms. The molecule has 1 rings (SSSR count). The fraction of sp³-hybridized carbons (Fsp3) is 0.500. The molecule has 5 nitrogen and oxygen atoms in total. The van der Waals surface area contributed by atoms with E-state index in [2.05, 4.69) is 5.32 Å². The third-order valence-electron chi connectivity index (χ3n) is 3.11. The highest BCUT2D eigenvalue weighted by Crippen LogP contribution is 2.19. The molecule has 5 heteroatoms. The standard InChI is InChI=1S/C14H22N2O3/c1-3-16-14(2,13(15)18)8-9-19-12-7-5-4-6-11(12)10-17/h4-7,16-17H,3,8-10H2,1-2H3,(H2,15,18). The zero-order valence-corrected chi connectivity index (χ0v) is 11.5. The number of aliphatic hydroxyl groups excluding tert-OH is 1. The molecule has 0 spiro atoms. The van der Waals surface area contributed by atoms with Gasteiger partial charge < -0.3 is 20.9 Å². The number of hydrogen-bond donors (Lipinski definition) is 3. The van der Waals surface area contributed by atoms with Gasteiger partial charge >= 0.3 is 0 Å². The molecule has 1 unspecified atom stereocenters. The Hall–Kier alpha value is -1.59. The quantitative estimate of drug-likeness (QED) is 0.650. The van der Waals surface area contributed by atoms with E-state index < -0.39 is 11.4 Å². The van der Waals surface area contributed by atoms with E-state index >= 15 is 0 Å². The van der Waals surface area contributed by atoms with Crippen molar-refractivity contribution in [2.75, 3.05) is 13.2 Å². The number of para-hydroxylation sites is 1. The van der Waals surface area contributed by atoms with Gasteiger partial charge in [-0.1, -0.05) is 25.1 Å². The van der Waals surface area contributed by atoms with E-state index in [4.69, 9.17) is 10.5 Å². The van der Waals surface area contributed by atoms with Gasteiger partial charge in [-0.15, -0.1) is 0 Å². The Morgan fingerprint density at radius 3 is 2.74 bits per heavy atom. The summed E-state index contributed by atoms with van der Waals surface area (Å²) in [7, 11) is 0. The van der Waals surface area contributed by atoms with Crippen molar-refractivity contribution < 1.29 is 14.6 Å². The van der Waals surface area contributed by atoms with Crippen LogP contribution in [0.4, 0.5) is 0 Å². The molecule has 0 aliphatic heterocycles. The van der Waals surface area contributed by atoms with Crippen LogP contribution < -0.4 is 15.8 Å². The van der Waals surface area contributed by atoms with E-state index in [9.17, 15) is 9.90 Å². The number of benzene rings is 1. The lowest BCUT2D eigenvalue weighted by Gasteiger charge is -2.27. The number of hydrogen-bond acceptors (Lipinski definition) is 4. The van der Waals surface area contributed by atoms with Gasteiger partial charge in [0.05, 0.1) is 18.8 Å². The maximum atomic E-state index is 11.4. The summed E-state index contributed by atoms with van der Waals surface area (Å²) in [6.45, 7) is 4.62. The second-order valence-electron chi connectivity index (χ2n) is 4.59. The lowest BCUT2D eigenvalue weighted by molar-refractivity contribution is -0.124. The monoisotopic (exact) mass is 266 g/mol. The molecule has 1 aromatic carbocycles. The van der Waals surface area contributed by atoms with E-state index in [1.165, 1.54) is 0 Å². The van der Waals surface area contributed by atoms with Crippen LogP contribution in [0.2, 0.25) is 0 Å². The molecule has 0 saturated carbocycles. The molecule has 4 N–H and O–H groups in total. The van der Waals surface area contributed by atoms with Crippen molar-refractivity contribution in [1.29, 1.82) is 0 Å². The molecular weight excluding hydrogens is 244 g/mol. The number of primary amides is 1. The van der Waals surface area contributed by atoms with Crippen LogP contribution in [-0.2, 0) is 11.4 Å². The highest BCUT2D eigenvalue weighted by atomic mass is 16.5. The highest BCUT2D eigenvalue weighted by Gasteiger charge is 2.29. The van der Waals surface area contributed by atoms with Crippen molar-refractivity contribution in [1.82, 2.24) is 5.32 Å². The SMILES string of the molecule is CCNC(C)(CCOc1ccccc1CO)C(N)=O. The zero-order valence-electron chi connectivity index (χ0n) is 11.5. The van der Waals surface area contributed by atoms with Gasteiger partial charge in [0.25, 0.3) is 0 Å². The summed E-state index contributed by atoms with van der Waals surface area (Å²) in [6, 6.07) is 7.27. The minimum absolute atomic E-state index is 0.0729. The molecule has 0 fully saturated rings. The summed E-state index contributed by atoms with van der Waals surface area (Å²) in [5.41, 5.74) is 5.35. The van der Waals surface area contributed by atoms with Crippen LogP contribution in [0, 0.1) is 0 Å². The first-order valence-electron chi connectivity index (χ1n) is 6.40. The van der Waals surface area contributed by atoms with E-state index in [1.54, 1.807) is 19.1 Å². The molecular formula is C14H22N2O3. The number of nitrogens with two attached hydrogens (primary N) is 1. The number of ether oxygens (including phenoxy) is 1. The fourth-order valence-corrected chi connectivity index (χ4v) is 1.83. The average Bonchev–Trinajstić information content (AvgIpc) is 2.39. The second kappa shape index (κ2) is 7.11. The van der Waals surface area contributed by atoms with E-state index in [1.807, 2.05) is 19.1 Å². The van der Waals surface area contributed by atoms with E-state index in [-0.39, 0.29) is 6.61 Å². The largest absolute Gasteiger partial charge is 0.493 e. The number of aliphatic hydroxyl groups is 1. The van der Waals surface area contributed by atoms with Gasteiger partial charge in [-0.25, -0.2) is 0 Å². The number of carbonyl (C=O) groups is 1. The first-order chi connectivity index (χ1) is 9.03. The van der Waals surface area contributed by atoms with E-state index in [0.717, 1.165) is 5.56 Å². The molecule has 0 aliphatic carbocycles. The minimum atomic E-state index is -0.775. The average molecular weight is 266 g/mol. The summed E-state index contributed by atoms with van der Waals surface area (Å²) >= 11 is 0. The van der Waals surface area contributed by atoms with Crippen molar-refractivity contribution in [3.63, 3.8) is 0 Å². The van der Waals surface area contributed by atoms with Crippen LogP contribution in [0.3, 0.4) is 0 Å². The summed E-state index contributed by atoms with van der Waals surface area (Å²) in [5.74, 6) is 0.238. The van der Waals surface area contributed by atoms with Gasteiger partial charge in [-0.3, -0.25) is 4.79 Å². The molecule has 19 heavy (non-hydrogen) atoms. The van der Waals surface area contributed by atoms with Crippen LogP contribution in [0.15, 0.2) is 24.3 Å². The molecule has 0 heterocycles. The molecule has 1 atom stereocenters. The van der Waals surface area contributed by atoms with Crippen molar-refractivity contribution in [3.05, 3.63) is 29.8 Å².